The SMILES string of the molecule is CC(CC#N)CC(C)(C)Cn1ccnn1. The molecule has 0 aliphatic heterocycles. The number of hydrogen-bond acceptors (Lipinski definition) is 3. The zero-order valence-electron chi connectivity index (χ0n) is 9.64. The Morgan fingerprint density at radius 1 is 1.53 bits per heavy atom. The van der Waals surface area contributed by atoms with Crippen LogP contribution in [-0.2, 0) is 6.54 Å². The molecule has 4 heteroatoms. The van der Waals surface area contributed by atoms with Crippen LogP contribution in [0.3, 0.4) is 0 Å². The number of nitrogens with zero attached hydrogens (tertiary/aromatic N) is 4. The van der Waals surface area contributed by atoms with Crippen LogP contribution in [0.25, 0.3) is 0 Å². The van der Waals surface area contributed by atoms with Crippen molar-refractivity contribution in [3.05, 3.63) is 12.4 Å². The Labute approximate surface area is 90.9 Å². The number of aromatic nitrogens is 3. The van der Waals surface area contributed by atoms with Crippen LogP contribution in [-0.4, -0.2) is 15.0 Å². The van der Waals surface area contributed by atoms with Crippen LogP contribution in [0.1, 0.15) is 33.6 Å². The average molecular weight is 206 g/mol. The van der Waals surface area contributed by atoms with Crippen LogP contribution in [0.15, 0.2) is 12.4 Å². The number of nitriles is 1. The third-order valence-corrected chi connectivity index (χ3v) is 2.40. The highest BCUT2D eigenvalue weighted by Crippen LogP contribution is 2.28. The lowest BCUT2D eigenvalue weighted by Crippen LogP contribution is -2.22. The van der Waals surface area contributed by atoms with Crippen molar-refractivity contribution in [2.45, 2.75) is 40.2 Å². The Balaban J connectivity index is 2.48. The van der Waals surface area contributed by atoms with Crippen LogP contribution in [0.5, 0.6) is 0 Å². The molecule has 1 aromatic rings. The highest BCUT2D eigenvalue weighted by molar-refractivity contribution is 4.79. The van der Waals surface area contributed by atoms with E-state index in [1.807, 2.05) is 10.9 Å². The molecule has 1 rings (SSSR count). The van der Waals surface area contributed by atoms with Gasteiger partial charge in [0.1, 0.15) is 0 Å². The van der Waals surface area contributed by atoms with E-state index < -0.39 is 0 Å². The molecule has 0 aromatic carbocycles. The van der Waals surface area contributed by atoms with Gasteiger partial charge in [-0.3, -0.25) is 4.68 Å². The standard InChI is InChI=1S/C11H18N4/c1-10(4-5-12)8-11(2,3)9-15-7-6-13-14-15/h6-7,10H,4,8-9H2,1-3H3. The average Bonchev–Trinajstić information content (AvgIpc) is 2.54. The minimum absolute atomic E-state index is 0.157. The number of hydrogen-bond donors (Lipinski definition) is 0. The first kappa shape index (κ1) is 11.7. The smallest absolute Gasteiger partial charge is 0.0692 e. The number of rotatable bonds is 5. The third-order valence-electron chi connectivity index (χ3n) is 2.40. The summed E-state index contributed by atoms with van der Waals surface area (Å²) in [4.78, 5) is 0. The largest absolute Gasteiger partial charge is 0.252 e. The van der Waals surface area contributed by atoms with Crippen LogP contribution < -0.4 is 0 Å². The van der Waals surface area contributed by atoms with Gasteiger partial charge >= 0.3 is 0 Å². The molecule has 15 heavy (non-hydrogen) atoms. The molecule has 0 saturated heterocycles. The van der Waals surface area contributed by atoms with Crippen molar-refractivity contribution < 1.29 is 0 Å². The van der Waals surface area contributed by atoms with Gasteiger partial charge in [-0.15, -0.1) is 5.10 Å². The molecule has 82 valence electrons. The quantitative estimate of drug-likeness (QED) is 0.742. The van der Waals surface area contributed by atoms with Gasteiger partial charge in [0.25, 0.3) is 0 Å². The molecule has 0 amide bonds. The zero-order chi connectivity index (χ0) is 11.3. The van der Waals surface area contributed by atoms with Crippen LogP contribution >= 0.6 is 0 Å². The first-order valence-corrected chi connectivity index (χ1v) is 5.24. The molecule has 1 unspecified atom stereocenters. The molecule has 0 fully saturated rings. The summed E-state index contributed by atoms with van der Waals surface area (Å²) >= 11 is 0. The van der Waals surface area contributed by atoms with Crippen molar-refractivity contribution >= 4 is 0 Å². The Morgan fingerprint density at radius 2 is 2.27 bits per heavy atom. The summed E-state index contributed by atoms with van der Waals surface area (Å²) in [5, 5.41) is 16.4. The molecule has 0 spiro atoms. The Hall–Kier alpha value is -1.37. The van der Waals surface area contributed by atoms with E-state index in [-0.39, 0.29) is 5.41 Å². The summed E-state index contributed by atoms with van der Waals surface area (Å²) in [6, 6.07) is 2.21. The molecule has 0 radical (unpaired) electrons. The molecule has 0 bridgehead atoms. The van der Waals surface area contributed by atoms with E-state index in [4.69, 9.17) is 5.26 Å². The van der Waals surface area contributed by atoms with E-state index in [2.05, 4.69) is 37.2 Å². The molecule has 4 nitrogen and oxygen atoms in total. The van der Waals surface area contributed by atoms with Crippen molar-refractivity contribution in [3.8, 4) is 6.07 Å². The topological polar surface area (TPSA) is 54.5 Å². The van der Waals surface area contributed by atoms with Crippen LogP contribution in [0, 0.1) is 22.7 Å². The summed E-state index contributed by atoms with van der Waals surface area (Å²) in [6.07, 6.45) is 5.21. The highest BCUT2D eigenvalue weighted by Gasteiger charge is 2.22. The molecule has 0 aliphatic rings. The summed E-state index contributed by atoms with van der Waals surface area (Å²) in [5.41, 5.74) is 0.157. The molecular formula is C11H18N4. The summed E-state index contributed by atoms with van der Waals surface area (Å²) < 4.78 is 1.85. The molecule has 1 atom stereocenters. The van der Waals surface area contributed by atoms with E-state index in [9.17, 15) is 0 Å². The van der Waals surface area contributed by atoms with Gasteiger partial charge in [-0.2, -0.15) is 5.26 Å². The summed E-state index contributed by atoms with van der Waals surface area (Å²) in [5.74, 6) is 0.438. The minimum Gasteiger partial charge on any atom is -0.252 e. The molecule has 1 aromatic heterocycles. The van der Waals surface area contributed by atoms with Crippen molar-refractivity contribution in [2.24, 2.45) is 11.3 Å². The van der Waals surface area contributed by atoms with Gasteiger partial charge in [-0.1, -0.05) is 26.0 Å². The van der Waals surface area contributed by atoms with Crippen molar-refractivity contribution in [3.63, 3.8) is 0 Å². The van der Waals surface area contributed by atoms with Crippen molar-refractivity contribution in [1.82, 2.24) is 15.0 Å². The molecular weight excluding hydrogens is 188 g/mol. The molecule has 0 aliphatic carbocycles. The Bertz CT molecular complexity index is 321. The monoisotopic (exact) mass is 206 g/mol. The van der Waals surface area contributed by atoms with Crippen LogP contribution in [0.2, 0.25) is 0 Å². The normalized spacial score (nSPS) is 13.5. The predicted octanol–water partition coefficient (Wildman–Crippen LogP) is 2.24. The predicted molar refractivity (Wildman–Crippen MR) is 57.8 cm³/mol. The highest BCUT2D eigenvalue weighted by atomic mass is 15.4. The van der Waals surface area contributed by atoms with Gasteiger partial charge in [0.15, 0.2) is 0 Å². The fourth-order valence-electron chi connectivity index (χ4n) is 1.99. The second-order valence-electron chi connectivity index (χ2n) is 4.94. The maximum absolute atomic E-state index is 8.61. The lowest BCUT2D eigenvalue weighted by molar-refractivity contribution is 0.227. The lowest BCUT2D eigenvalue weighted by atomic mass is 9.82. The second-order valence-corrected chi connectivity index (χ2v) is 4.94. The fraction of sp³-hybridized carbons (Fsp3) is 0.727. The van der Waals surface area contributed by atoms with Crippen molar-refractivity contribution in [2.75, 3.05) is 0 Å². The summed E-state index contributed by atoms with van der Waals surface area (Å²) in [7, 11) is 0. The minimum atomic E-state index is 0.157. The zero-order valence-corrected chi connectivity index (χ0v) is 9.64. The van der Waals surface area contributed by atoms with Gasteiger partial charge < -0.3 is 0 Å². The molecule has 0 N–H and O–H groups in total. The van der Waals surface area contributed by atoms with Gasteiger partial charge in [-0.25, -0.2) is 0 Å². The first-order valence-electron chi connectivity index (χ1n) is 5.24. The molecule has 0 saturated carbocycles. The van der Waals surface area contributed by atoms with E-state index in [1.165, 1.54) is 0 Å². The maximum atomic E-state index is 8.61. The fourth-order valence-corrected chi connectivity index (χ4v) is 1.99. The lowest BCUT2D eigenvalue weighted by Gasteiger charge is -2.26. The van der Waals surface area contributed by atoms with Gasteiger partial charge in [0.05, 0.1) is 12.3 Å². The van der Waals surface area contributed by atoms with Gasteiger partial charge in [-0.05, 0) is 17.8 Å². The summed E-state index contributed by atoms with van der Waals surface area (Å²) in [6.45, 7) is 7.36. The van der Waals surface area contributed by atoms with Crippen molar-refractivity contribution in [1.29, 1.82) is 5.26 Å². The van der Waals surface area contributed by atoms with E-state index in [0.717, 1.165) is 13.0 Å². The maximum Gasteiger partial charge on any atom is 0.0692 e. The van der Waals surface area contributed by atoms with Gasteiger partial charge in [0, 0.05) is 19.2 Å². The van der Waals surface area contributed by atoms with E-state index in [0.29, 0.717) is 12.3 Å². The Morgan fingerprint density at radius 3 is 2.80 bits per heavy atom. The third kappa shape index (κ3) is 4.11. The first-order chi connectivity index (χ1) is 7.03. The Kier molecular flexibility index (Phi) is 3.84. The van der Waals surface area contributed by atoms with Gasteiger partial charge in [0.2, 0.25) is 0 Å². The second kappa shape index (κ2) is 4.92. The van der Waals surface area contributed by atoms with E-state index in [1.54, 1.807) is 6.20 Å². The van der Waals surface area contributed by atoms with E-state index >= 15 is 0 Å². The molecule has 1 heterocycles. The van der Waals surface area contributed by atoms with Crippen LogP contribution in [0.4, 0.5) is 0 Å².